The second kappa shape index (κ2) is 6.87. The Balaban J connectivity index is 1.38. The van der Waals surface area contributed by atoms with Gasteiger partial charge in [0.2, 0.25) is 0 Å². The van der Waals surface area contributed by atoms with Crippen LogP contribution in [-0.2, 0) is 16.1 Å². The second-order valence-corrected chi connectivity index (χ2v) is 8.12. The Morgan fingerprint density at radius 2 is 1.82 bits per heavy atom. The summed E-state index contributed by atoms with van der Waals surface area (Å²) in [5.41, 5.74) is 8.19. The molecule has 2 bridgehead atoms. The molecule has 0 spiro atoms. The fraction of sp³-hybridized carbons (Fsp3) is 0.375. The van der Waals surface area contributed by atoms with Gasteiger partial charge in [0.1, 0.15) is 11.8 Å². The Labute approximate surface area is 165 Å². The number of ether oxygens (including phenoxy) is 2. The van der Waals surface area contributed by atoms with E-state index in [2.05, 4.69) is 50.2 Å². The van der Waals surface area contributed by atoms with Gasteiger partial charge in [-0.05, 0) is 43.9 Å². The molecule has 2 aliphatic rings. The van der Waals surface area contributed by atoms with E-state index in [1.54, 1.807) is 0 Å². The van der Waals surface area contributed by atoms with E-state index < -0.39 is 0 Å². The van der Waals surface area contributed by atoms with Gasteiger partial charge in [-0.2, -0.15) is 0 Å². The fourth-order valence-electron chi connectivity index (χ4n) is 4.82. The monoisotopic (exact) mass is 375 g/mol. The van der Waals surface area contributed by atoms with Crippen LogP contribution in [0.4, 0.5) is 0 Å². The minimum atomic E-state index is 0.0112. The van der Waals surface area contributed by atoms with Gasteiger partial charge in [0.15, 0.2) is 5.76 Å². The standard InChI is InChI=1S/C24H25NO3/c1-14-9-15(2)20(16(3)10-14)22-21-23-18(11-19(27-23)24(21)28-25-22)13-26-12-17-7-5-4-6-8-17/h4-10,18-19,23H,11-13H2,1-3H3/t18-,19+,23-/m0/s1. The molecular weight excluding hydrogens is 350 g/mol. The lowest BCUT2D eigenvalue weighted by molar-refractivity contribution is 0.0244. The summed E-state index contributed by atoms with van der Waals surface area (Å²) in [5.74, 6) is 1.25. The zero-order valence-electron chi connectivity index (χ0n) is 16.6. The molecule has 1 fully saturated rings. The minimum absolute atomic E-state index is 0.0112. The van der Waals surface area contributed by atoms with Gasteiger partial charge in [-0.1, -0.05) is 53.2 Å². The van der Waals surface area contributed by atoms with Gasteiger partial charge in [0.25, 0.3) is 0 Å². The Morgan fingerprint density at radius 3 is 2.57 bits per heavy atom. The summed E-state index contributed by atoms with van der Waals surface area (Å²) in [4.78, 5) is 0. The van der Waals surface area contributed by atoms with Crippen LogP contribution in [0.3, 0.4) is 0 Å². The summed E-state index contributed by atoms with van der Waals surface area (Å²) in [5, 5.41) is 4.47. The highest BCUT2D eigenvalue weighted by atomic mass is 16.5. The maximum absolute atomic E-state index is 6.25. The molecule has 0 radical (unpaired) electrons. The highest BCUT2D eigenvalue weighted by molar-refractivity contribution is 5.72. The molecule has 28 heavy (non-hydrogen) atoms. The molecule has 4 heteroatoms. The minimum Gasteiger partial charge on any atom is -0.376 e. The van der Waals surface area contributed by atoms with Gasteiger partial charge in [-0.15, -0.1) is 0 Å². The van der Waals surface area contributed by atoms with Crippen molar-refractivity contribution in [1.82, 2.24) is 5.16 Å². The van der Waals surface area contributed by atoms with Crippen LogP contribution >= 0.6 is 0 Å². The van der Waals surface area contributed by atoms with E-state index in [0.717, 1.165) is 23.4 Å². The lowest BCUT2D eigenvalue weighted by atomic mass is 9.84. The lowest BCUT2D eigenvalue weighted by Crippen LogP contribution is -2.16. The van der Waals surface area contributed by atoms with Crippen molar-refractivity contribution in [3.63, 3.8) is 0 Å². The summed E-state index contributed by atoms with van der Waals surface area (Å²) in [6, 6.07) is 14.7. The summed E-state index contributed by atoms with van der Waals surface area (Å²) in [6.45, 7) is 7.73. The average molecular weight is 375 g/mol. The van der Waals surface area contributed by atoms with Crippen molar-refractivity contribution in [3.8, 4) is 11.3 Å². The third kappa shape index (κ3) is 2.88. The molecule has 1 aromatic heterocycles. The van der Waals surface area contributed by atoms with E-state index in [1.165, 1.54) is 27.8 Å². The van der Waals surface area contributed by atoms with Crippen molar-refractivity contribution in [2.45, 2.75) is 46.0 Å². The second-order valence-electron chi connectivity index (χ2n) is 8.12. The number of hydrogen-bond acceptors (Lipinski definition) is 4. The molecule has 144 valence electrons. The van der Waals surface area contributed by atoms with Crippen LogP contribution in [0.2, 0.25) is 0 Å². The van der Waals surface area contributed by atoms with Crippen molar-refractivity contribution in [2.24, 2.45) is 5.92 Å². The van der Waals surface area contributed by atoms with Gasteiger partial charge in [-0.25, -0.2) is 0 Å². The predicted octanol–water partition coefficient (Wildman–Crippen LogP) is 5.62. The SMILES string of the molecule is Cc1cc(C)c(-c2noc3c2[C@H]2O[C@@H]3C[C@H]2COCc2ccccc2)c(C)c1. The van der Waals surface area contributed by atoms with E-state index in [0.29, 0.717) is 19.1 Å². The predicted molar refractivity (Wildman–Crippen MR) is 107 cm³/mol. The van der Waals surface area contributed by atoms with Crippen molar-refractivity contribution in [1.29, 1.82) is 0 Å². The first-order valence-corrected chi connectivity index (χ1v) is 9.96. The van der Waals surface area contributed by atoms with Gasteiger partial charge < -0.3 is 14.0 Å². The number of aryl methyl sites for hydroxylation is 3. The van der Waals surface area contributed by atoms with Crippen LogP contribution in [0.25, 0.3) is 11.3 Å². The summed E-state index contributed by atoms with van der Waals surface area (Å²) >= 11 is 0. The van der Waals surface area contributed by atoms with E-state index in [9.17, 15) is 0 Å². The number of nitrogens with zero attached hydrogens (tertiary/aromatic N) is 1. The largest absolute Gasteiger partial charge is 0.376 e. The van der Waals surface area contributed by atoms with Gasteiger partial charge in [0, 0.05) is 11.5 Å². The lowest BCUT2D eigenvalue weighted by Gasteiger charge is -2.20. The number of hydrogen-bond donors (Lipinski definition) is 0. The van der Waals surface area contributed by atoms with Crippen LogP contribution in [0.15, 0.2) is 47.0 Å². The smallest absolute Gasteiger partial charge is 0.171 e. The zero-order valence-corrected chi connectivity index (χ0v) is 16.6. The molecular formula is C24H25NO3. The first-order chi connectivity index (χ1) is 13.6. The summed E-state index contributed by atoms with van der Waals surface area (Å²) in [7, 11) is 0. The number of fused-ring (bicyclic) bond motifs is 5. The highest BCUT2D eigenvalue weighted by Crippen LogP contribution is 2.57. The van der Waals surface area contributed by atoms with Gasteiger partial charge in [-0.3, -0.25) is 0 Å². The number of benzene rings is 2. The molecule has 0 saturated carbocycles. The van der Waals surface area contributed by atoms with Crippen LogP contribution in [-0.4, -0.2) is 11.8 Å². The van der Waals surface area contributed by atoms with E-state index in [1.807, 2.05) is 18.2 Å². The van der Waals surface area contributed by atoms with Crippen molar-refractivity contribution >= 4 is 0 Å². The third-order valence-corrected chi connectivity index (χ3v) is 5.95. The van der Waals surface area contributed by atoms with Gasteiger partial charge >= 0.3 is 0 Å². The van der Waals surface area contributed by atoms with Crippen molar-refractivity contribution in [2.75, 3.05) is 6.61 Å². The first-order valence-electron chi connectivity index (χ1n) is 9.96. The Hall–Kier alpha value is -2.43. The first kappa shape index (κ1) is 17.7. The Morgan fingerprint density at radius 1 is 1.07 bits per heavy atom. The Bertz CT molecular complexity index is 985. The van der Waals surface area contributed by atoms with E-state index in [4.69, 9.17) is 14.0 Å². The molecule has 3 heterocycles. The molecule has 3 aromatic rings. The summed E-state index contributed by atoms with van der Waals surface area (Å²) in [6.07, 6.45) is 0.960. The number of rotatable bonds is 5. The molecule has 3 atom stereocenters. The van der Waals surface area contributed by atoms with Crippen LogP contribution in [0, 0.1) is 26.7 Å². The molecule has 0 N–H and O–H groups in total. The number of aromatic nitrogens is 1. The van der Waals surface area contributed by atoms with Crippen molar-refractivity contribution < 1.29 is 14.0 Å². The van der Waals surface area contributed by atoms with E-state index in [-0.39, 0.29) is 12.2 Å². The quantitative estimate of drug-likeness (QED) is 0.581. The summed E-state index contributed by atoms with van der Waals surface area (Å²) < 4.78 is 18.0. The molecule has 2 aromatic carbocycles. The molecule has 5 rings (SSSR count). The maximum Gasteiger partial charge on any atom is 0.171 e. The normalized spacial score (nSPS) is 22.6. The molecule has 2 aliphatic heterocycles. The topological polar surface area (TPSA) is 44.5 Å². The van der Waals surface area contributed by atoms with Crippen LogP contribution < -0.4 is 0 Å². The average Bonchev–Trinajstić information content (AvgIpc) is 3.35. The van der Waals surface area contributed by atoms with Crippen LogP contribution in [0.5, 0.6) is 0 Å². The molecule has 0 unspecified atom stereocenters. The molecule has 4 nitrogen and oxygen atoms in total. The molecule has 0 amide bonds. The molecule has 1 saturated heterocycles. The van der Waals surface area contributed by atoms with Crippen LogP contribution in [0.1, 0.15) is 52.2 Å². The maximum atomic E-state index is 6.25. The third-order valence-electron chi connectivity index (χ3n) is 5.95. The zero-order chi connectivity index (χ0) is 19.3. The Kier molecular flexibility index (Phi) is 4.33. The fourth-order valence-corrected chi connectivity index (χ4v) is 4.82. The van der Waals surface area contributed by atoms with E-state index >= 15 is 0 Å². The highest BCUT2D eigenvalue weighted by Gasteiger charge is 2.50. The van der Waals surface area contributed by atoms with Crippen molar-refractivity contribution in [3.05, 3.63) is 76.0 Å². The molecule has 0 aliphatic carbocycles. The van der Waals surface area contributed by atoms with Gasteiger partial charge in [0.05, 0.1) is 24.9 Å².